The van der Waals surface area contributed by atoms with Crippen LogP contribution in [0.4, 0.5) is 8.78 Å². The summed E-state index contributed by atoms with van der Waals surface area (Å²) in [6.45, 7) is 1.75. The highest BCUT2D eigenvalue weighted by Crippen LogP contribution is 2.25. The summed E-state index contributed by atoms with van der Waals surface area (Å²) in [4.78, 5) is 3.92. The van der Waals surface area contributed by atoms with Gasteiger partial charge in [0.15, 0.2) is 0 Å². The Kier molecular flexibility index (Phi) is 3.33. The molecular weight excluding hydrogens is 242 g/mol. The Labute approximate surface area is 83.3 Å². The first kappa shape index (κ1) is 10.5. The lowest BCUT2D eigenvalue weighted by molar-refractivity contribution is 0.150. The zero-order valence-electron chi connectivity index (χ0n) is 7.02. The molecule has 1 heterocycles. The van der Waals surface area contributed by atoms with Crippen molar-refractivity contribution in [3.8, 4) is 0 Å². The summed E-state index contributed by atoms with van der Waals surface area (Å²) < 4.78 is 25.3. The summed E-state index contributed by atoms with van der Waals surface area (Å²) in [5, 5.41) is 0. The second-order valence-electron chi connectivity index (χ2n) is 2.62. The van der Waals surface area contributed by atoms with Gasteiger partial charge in [-0.2, -0.15) is 0 Å². The first-order valence-corrected chi connectivity index (χ1v) is 4.49. The molecule has 0 atom stereocenters. The third kappa shape index (κ3) is 2.22. The molecular formula is C8H9BrF2N2. The van der Waals surface area contributed by atoms with Gasteiger partial charge < -0.3 is 5.73 Å². The van der Waals surface area contributed by atoms with Crippen molar-refractivity contribution in [2.24, 2.45) is 5.73 Å². The number of halogens is 3. The molecule has 72 valence electrons. The van der Waals surface area contributed by atoms with E-state index in [2.05, 4.69) is 20.9 Å². The SMILES string of the molecule is Cc1nc(Br)c(CN)cc1C(F)F. The molecule has 1 aromatic rings. The molecule has 0 saturated heterocycles. The van der Waals surface area contributed by atoms with E-state index in [0.29, 0.717) is 15.9 Å². The Morgan fingerprint density at radius 2 is 2.23 bits per heavy atom. The minimum absolute atomic E-state index is 0.0522. The van der Waals surface area contributed by atoms with Crippen LogP contribution < -0.4 is 5.73 Å². The van der Waals surface area contributed by atoms with Crippen molar-refractivity contribution in [1.82, 2.24) is 4.98 Å². The smallest absolute Gasteiger partial charge is 0.265 e. The van der Waals surface area contributed by atoms with Gasteiger partial charge >= 0.3 is 0 Å². The van der Waals surface area contributed by atoms with Gasteiger partial charge in [-0.15, -0.1) is 0 Å². The van der Waals surface area contributed by atoms with Crippen molar-refractivity contribution in [2.75, 3.05) is 0 Å². The first-order chi connectivity index (χ1) is 6.06. The molecule has 0 fully saturated rings. The fourth-order valence-electron chi connectivity index (χ4n) is 0.999. The van der Waals surface area contributed by atoms with Crippen molar-refractivity contribution in [3.63, 3.8) is 0 Å². The van der Waals surface area contributed by atoms with E-state index >= 15 is 0 Å². The van der Waals surface area contributed by atoms with Crippen LogP contribution in [0.2, 0.25) is 0 Å². The van der Waals surface area contributed by atoms with Crippen molar-refractivity contribution >= 4 is 15.9 Å². The van der Waals surface area contributed by atoms with E-state index in [1.807, 2.05) is 0 Å². The van der Waals surface area contributed by atoms with E-state index in [0.717, 1.165) is 0 Å². The second kappa shape index (κ2) is 4.11. The van der Waals surface area contributed by atoms with Gasteiger partial charge in [-0.3, -0.25) is 0 Å². The number of rotatable bonds is 2. The molecule has 0 amide bonds. The number of aromatic nitrogens is 1. The number of hydrogen-bond acceptors (Lipinski definition) is 2. The molecule has 0 aliphatic rings. The molecule has 1 aromatic heterocycles. The summed E-state index contributed by atoms with van der Waals surface area (Å²) in [5.74, 6) is 0. The molecule has 0 aliphatic heterocycles. The van der Waals surface area contributed by atoms with Crippen LogP contribution in [0, 0.1) is 6.92 Å². The minimum atomic E-state index is -2.49. The zero-order valence-corrected chi connectivity index (χ0v) is 8.61. The molecule has 5 heteroatoms. The summed E-state index contributed by atoms with van der Waals surface area (Å²) in [5.41, 5.74) is 6.23. The lowest BCUT2D eigenvalue weighted by atomic mass is 10.1. The number of aryl methyl sites for hydroxylation is 1. The van der Waals surface area contributed by atoms with Crippen LogP contribution >= 0.6 is 15.9 Å². The van der Waals surface area contributed by atoms with Crippen LogP contribution in [0.15, 0.2) is 10.7 Å². The van der Waals surface area contributed by atoms with Gasteiger partial charge in [0.1, 0.15) is 4.60 Å². The zero-order chi connectivity index (χ0) is 10.0. The fourth-order valence-corrected chi connectivity index (χ4v) is 1.54. The van der Waals surface area contributed by atoms with E-state index in [9.17, 15) is 8.78 Å². The van der Waals surface area contributed by atoms with E-state index in [4.69, 9.17) is 5.73 Å². The molecule has 0 aromatic carbocycles. The molecule has 1 rings (SSSR count). The minimum Gasteiger partial charge on any atom is -0.326 e. The number of pyridine rings is 1. The molecule has 0 aliphatic carbocycles. The van der Waals surface area contributed by atoms with E-state index in [-0.39, 0.29) is 12.1 Å². The van der Waals surface area contributed by atoms with Crippen LogP contribution in [0.1, 0.15) is 23.2 Å². The van der Waals surface area contributed by atoms with Crippen molar-refractivity contribution in [3.05, 3.63) is 27.5 Å². The highest BCUT2D eigenvalue weighted by molar-refractivity contribution is 9.10. The predicted octanol–water partition coefficient (Wildman–Crippen LogP) is 2.55. The molecule has 0 spiro atoms. The number of hydrogen-bond donors (Lipinski definition) is 1. The highest BCUT2D eigenvalue weighted by Gasteiger charge is 2.13. The van der Waals surface area contributed by atoms with E-state index in [1.165, 1.54) is 6.07 Å². The molecule has 2 N–H and O–H groups in total. The number of nitrogens with zero attached hydrogens (tertiary/aromatic N) is 1. The summed E-state index contributed by atoms with van der Waals surface area (Å²) in [6, 6.07) is 1.39. The second-order valence-corrected chi connectivity index (χ2v) is 3.37. The van der Waals surface area contributed by atoms with Gasteiger partial charge in [0, 0.05) is 17.8 Å². The standard InChI is InChI=1S/C8H9BrF2N2/c1-4-6(8(10)11)2-5(3-12)7(9)13-4/h2,8H,3,12H2,1H3. The lowest BCUT2D eigenvalue weighted by Crippen LogP contribution is -2.03. The predicted molar refractivity (Wildman–Crippen MR) is 49.5 cm³/mol. The molecule has 0 bridgehead atoms. The third-order valence-electron chi connectivity index (χ3n) is 1.73. The van der Waals surface area contributed by atoms with Gasteiger partial charge in [0.05, 0.1) is 0 Å². The molecule has 0 saturated carbocycles. The van der Waals surface area contributed by atoms with Crippen LogP contribution in [-0.4, -0.2) is 4.98 Å². The van der Waals surface area contributed by atoms with Crippen molar-refractivity contribution < 1.29 is 8.78 Å². The van der Waals surface area contributed by atoms with Crippen LogP contribution in [0.5, 0.6) is 0 Å². The Bertz CT molecular complexity index is 315. The largest absolute Gasteiger partial charge is 0.326 e. The maximum absolute atomic E-state index is 12.4. The fraction of sp³-hybridized carbons (Fsp3) is 0.375. The van der Waals surface area contributed by atoms with Crippen LogP contribution in [0.3, 0.4) is 0 Å². The maximum Gasteiger partial charge on any atom is 0.265 e. The van der Waals surface area contributed by atoms with Gasteiger partial charge in [0.2, 0.25) is 0 Å². The van der Waals surface area contributed by atoms with Crippen LogP contribution in [-0.2, 0) is 6.54 Å². The monoisotopic (exact) mass is 250 g/mol. The van der Waals surface area contributed by atoms with Gasteiger partial charge in [-0.05, 0) is 34.5 Å². The van der Waals surface area contributed by atoms with Crippen molar-refractivity contribution in [2.45, 2.75) is 19.9 Å². The third-order valence-corrected chi connectivity index (χ3v) is 2.42. The van der Waals surface area contributed by atoms with Gasteiger partial charge in [-0.1, -0.05) is 0 Å². The van der Waals surface area contributed by atoms with Gasteiger partial charge in [-0.25, -0.2) is 13.8 Å². The van der Waals surface area contributed by atoms with Crippen LogP contribution in [0.25, 0.3) is 0 Å². The van der Waals surface area contributed by atoms with E-state index < -0.39 is 6.43 Å². The molecule has 13 heavy (non-hydrogen) atoms. The van der Waals surface area contributed by atoms with Crippen molar-refractivity contribution in [1.29, 1.82) is 0 Å². The summed E-state index contributed by atoms with van der Waals surface area (Å²) in [6.07, 6.45) is -2.49. The van der Waals surface area contributed by atoms with Gasteiger partial charge in [0.25, 0.3) is 6.43 Å². The summed E-state index contributed by atoms with van der Waals surface area (Å²) >= 11 is 3.15. The summed E-state index contributed by atoms with van der Waals surface area (Å²) in [7, 11) is 0. The Morgan fingerprint density at radius 1 is 1.62 bits per heavy atom. The molecule has 0 unspecified atom stereocenters. The number of nitrogens with two attached hydrogens (primary N) is 1. The average Bonchev–Trinajstić information content (AvgIpc) is 2.03. The Hall–Kier alpha value is -0.550. The van der Waals surface area contributed by atoms with E-state index in [1.54, 1.807) is 6.92 Å². The molecule has 2 nitrogen and oxygen atoms in total. The normalized spacial score (nSPS) is 10.9. The highest BCUT2D eigenvalue weighted by atomic mass is 79.9. The maximum atomic E-state index is 12.4. The molecule has 0 radical (unpaired) electrons. The quantitative estimate of drug-likeness (QED) is 0.820. The number of alkyl halides is 2. The Morgan fingerprint density at radius 3 is 2.69 bits per heavy atom. The Balaban J connectivity index is 3.22. The first-order valence-electron chi connectivity index (χ1n) is 3.70. The topological polar surface area (TPSA) is 38.9 Å². The lowest BCUT2D eigenvalue weighted by Gasteiger charge is -2.07. The average molecular weight is 251 g/mol.